The van der Waals surface area contributed by atoms with Gasteiger partial charge in [-0.15, -0.1) is 0 Å². The van der Waals surface area contributed by atoms with Crippen molar-refractivity contribution in [1.82, 2.24) is 0 Å². The first-order valence-corrected chi connectivity index (χ1v) is 6.94. The summed E-state index contributed by atoms with van der Waals surface area (Å²) in [6.07, 6.45) is 4.22. The van der Waals surface area contributed by atoms with Gasteiger partial charge in [0, 0.05) is 0 Å². The molecular weight excluding hydrogens is 220 g/mol. The van der Waals surface area contributed by atoms with Crippen molar-refractivity contribution in [2.24, 2.45) is 5.92 Å². The molecule has 1 aromatic heterocycles. The lowest BCUT2D eigenvalue weighted by Crippen LogP contribution is -2.22. The van der Waals surface area contributed by atoms with Crippen LogP contribution >= 0.6 is 11.3 Å². The number of hydrogen-bond acceptors (Lipinski definition) is 3. The van der Waals surface area contributed by atoms with Crippen molar-refractivity contribution in [3.05, 3.63) is 22.4 Å². The minimum Gasteiger partial charge on any atom is -0.466 e. The molecule has 0 aliphatic heterocycles. The normalized spacial score (nSPS) is 25.3. The van der Waals surface area contributed by atoms with E-state index >= 15 is 0 Å². The van der Waals surface area contributed by atoms with Gasteiger partial charge in [-0.25, -0.2) is 0 Å². The van der Waals surface area contributed by atoms with E-state index in [4.69, 9.17) is 4.74 Å². The standard InChI is InChI=1S/C13H18O2S/c1-2-15-13(14)11-5-3-10(4-6-11)12-7-8-16-9-12/h7-11H,2-6H2,1H3. The van der Waals surface area contributed by atoms with Crippen molar-refractivity contribution in [1.29, 1.82) is 0 Å². The predicted molar refractivity (Wildman–Crippen MR) is 65.7 cm³/mol. The summed E-state index contributed by atoms with van der Waals surface area (Å²) in [5.41, 5.74) is 1.45. The Hall–Kier alpha value is -0.830. The molecule has 1 heterocycles. The number of hydrogen-bond donors (Lipinski definition) is 0. The third kappa shape index (κ3) is 2.64. The number of carbonyl (C=O) groups excluding carboxylic acids is 1. The van der Waals surface area contributed by atoms with Crippen molar-refractivity contribution in [2.75, 3.05) is 6.61 Å². The van der Waals surface area contributed by atoms with E-state index in [1.165, 1.54) is 5.56 Å². The Morgan fingerprint density at radius 3 is 2.75 bits per heavy atom. The Morgan fingerprint density at radius 1 is 1.44 bits per heavy atom. The third-order valence-electron chi connectivity index (χ3n) is 3.36. The van der Waals surface area contributed by atoms with Crippen LogP contribution in [0.2, 0.25) is 0 Å². The van der Waals surface area contributed by atoms with Gasteiger partial charge in [0.2, 0.25) is 0 Å². The van der Waals surface area contributed by atoms with E-state index in [2.05, 4.69) is 16.8 Å². The SMILES string of the molecule is CCOC(=O)C1CCC(c2ccsc2)CC1. The van der Waals surface area contributed by atoms with Crippen LogP contribution in [0.3, 0.4) is 0 Å². The van der Waals surface area contributed by atoms with Gasteiger partial charge in [0.25, 0.3) is 0 Å². The minimum atomic E-state index is 0.00580. The van der Waals surface area contributed by atoms with Gasteiger partial charge in [-0.2, -0.15) is 11.3 Å². The first kappa shape index (κ1) is 11.6. The Balaban J connectivity index is 1.85. The van der Waals surface area contributed by atoms with Crippen molar-refractivity contribution >= 4 is 17.3 Å². The molecular formula is C13H18O2S. The van der Waals surface area contributed by atoms with E-state index in [0.717, 1.165) is 25.7 Å². The Kier molecular flexibility index (Phi) is 3.99. The van der Waals surface area contributed by atoms with Gasteiger partial charge in [0.1, 0.15) is 0 Å². The van der Waals surface area contributed by atoms with Crippen LogP contribution in [0.15, 0.2) is 16.8 Å². The largest absolute Gasteiger partial charge is 0.466 e. The molecule has 0 bridgehead atoms. The number of thiophene rings is 1. The van der Waals surface area contributed by atoms with E-state index in [0.29, 0.717) is 12.5 Å². The number of rotatable bonds is 3. The monoisotopic (exact) mass is 238 g/mol. The zero-order valence-corrected chi connectivity index (χ0v) is 10.5. The molecule has 1 aromatic rings. The van der Waals surface area contributed by atoms with Gasteiger partial charge < -0.3 is 4.74 Å². The maximum absolute atomic E-state index is 11.6. The van der Waals surface area contributed by atoms with Gasteiger partial charge in [-0.3, -0.25) is 4.79 Å². The Morgan fingerprint density at radius 2 is 2.19 bits per heavy atom. The smallest absolute Gasteiger partial charge is 0.308 e. The maximum atomic E-state index is 11.6. The summed E-state index contributed by atoms with van der Waals surface area (Å²) in [5, 5.41) is 4.36. The molecule has 16 heavy (non-hydrogen) atoms. The van der Waals surface area contributed by atoms with Crippen LogP contribution in [-0.4, -0.2) is 12.6 Å². The van der Waals surface area contributed by atoms with Gasteiger partial charge in [-0.05, 0) is 60.9 Å². The van der Waals surface area contributed by atoms with Crippen LogP contribution in [0, 0.1) is 5.92 Å². The molecule has 0 N–H and O–H groups in total. The molecule has 0 saturated heterocycles. The predicted octanol–water partition coefficient (Wildman–Crippen LogP) is 3.59. The average Bonchev–Trinajstić information content (AvgIpc) is 2.83. The molecule has 0 spiro atoms. The lowest BCUT2D eigenvalue weighted by Gasteiger charge is -2.26. The fourth-order valence-electron chi connectivity index (χ4n) is 2.43. The highest BCUT2D eigenvalue weighted by molar-refractivity contribution is 7.07. The summed E-state index contributed by atoms with van der Waals surface area (Å²) in [4.78, 5) is 11.6. The number of ether oxygens (including phenoxy) is 1. The molecule has 1 aliphatic rings. The van der Waals surface area contributed by atoms with E-state index in [9.17, 15) is 4.79 Å². The first-order valence-electron chi connectivity index (χ1n) is 6.00. The molecule has 3 heteroatoms. The molecule has 0 unspecified atom stereocenters. The van der Waals surface area contributed by atoms with Crippen LogP contribution < -0.4 is 0 Å². The Labute approximate surface area is 101 Å². The zero-order chi connectivity index (χ0) is 11.4. The van der Waals surface area contributed by atoms with Gasteiger partial charge in [0.15, 0.2) is 0 Å². The lowest BCUT2D eigenvalue weighted by atomic mass is 9.79. The molecule has 1 fully saturated rings. The molecule has 2 rings (SSSR count). The van der Waals surface area contributed by atoms with Gasteiger partial charge in [-0.1, -0.05) is 0 Å². The fraction of sp³-hybridized carbons (Fsp3) is 0.615. The second-order valence-corrected chi connectivity index (χ2v) is 5.14. The molecule has 88 valence electrons. The van der Waals surface area contributed by atoms with Gasteiger partial charge in [0.05, 0.1) is 12.5 Å². The van der Waals surface area contributed by atoms with E-state index in [1.54, 1.807) is 11.3 Å². The molecule has 0 atom stereocenters. The summed E-state index contributed by atoms with van der Waals surface area (Å²) in [5.74, 6) is 0.818. The van der Waals surface area contributed by atoms with Crippen LogP contribution in [0.4, 0.5) is 0 Å². The third-order valence-corrected chi connectivity index (χ3v) is 4.06. The zero-order valence-electron chi connectivity index (χ0n) is 9.65. The summed E-state index contributed by atoms with van der Waals surface area (Å²) < 4.78 is 5.07. The topological polar surface area (TPSA) is 26.3 Å². The maximum Gasteiger partial charge on any atom is 0.308 e. The number of carbonyl (C=O) groups is 1. The molecule has 0 radical (unpaired) electrons. The van der Waals surface area contributed by atoms with Crippen LogP contribution in [-0.2, 0) is 9.53 Å². The van der Waals surface area contributed by atoms with Crippen LogP contribution in [0.25, 0.3) is 0 Å². The summed E-state index contributed by atoms with van der Waals surface area (Å²) in [6.45, 7) is 2.37. The van der Waals surface area contributed by atoms with E-state index in [-0.39, 0.29) is 11.9 Å². The average molecular weight is 238 g/mol. The van der Waals surface area contributed by atoms with Gasteiger partial charge >= 0.3 is 5.97 Å². The summed E-state index contributed by atoms with van der Waals surface area (Å²) in [7, 11) is 0. The highest BCUT2D eigenvalue weighted by Gasteiger charge is 2.27. The summed E-state index contributed by atoms with van der Waals surface area (Å²) >= 11 is 1.76. The van der Waals surface area contributed by atoms with Crippen molar-refractivity contribution in [2.45, 2.75) is 38.5 Å². The molecule has 1 aliphatic carbocycles. The lowest BCUT2D eigenvalue weighted by molar-refractivity contribution is -0.149. The van der Waals surface area contributed by atoms with E-state index < -0.39 is 0 Å². The molecule has 0 amide bonds. The highest BCUT2D eigenvalue weighted by atomic mass is 32.1. The van der Waals surface area contributed by atoms with E-state index in [1.807, 2.05) is 6.92 Å². The quantitative estimate of drug-likeness (QED) is 0.752. The molecule has 1 saturated carbocycles. The van der Waals surface area contributed by atoms with Crippen molar-refractivity contribution in [3.8, 4) is 0 Å². The molecule has 0 aromatic carbocycles. The van der Waals surface area contributed by atoms with Crippen molar-refractivity contribution in [3.63, 3.8) is 0 Å². The Bertz CT molecular complexity index is 324. The second-order valence-electron chi connectivity index (χ2n) is 4.36. The van der Waals surface area contributed by atoms with Crippen LogP contribution in [0.5, 0.6) is 0 Å². The fourth-order valence-corrected chi connectivity index (χ4v) is 3.17. The highest BCUT2D eigenvalue weighted by Crippen LogP contribution is 2.36. The van der Waals surface area contributed by atoms with Crippen molar-refractivity contribution < 1.29 is 9.53 Å². The number of esters is 1. The second kappa shape index (κ2) is 5.48. The first-order chi connectivity index (χ1) is 7.81. The summed E-state index contributed by atoms with van der Waals surface area (Å²) in [6, 6.07) is 2.21. The minimum absolute atomic E-state index is 0.00580. The van der Waals surface area contributed by atoms with Crippen LogP contribution in [0.1, 0.15) is 44.1 Å². The molecule has 2 nitrogen and oxygen atoms in total.